The molecule has 0 amide bonds. The summed E-state index contributed by atoms with van der Waals surface area (Å²) in [7, 11) is 0. The average Bonchev–Trinajstić information content (AvgIpc) is 2.86. The molecule has 3 aliphatic carbocycles. The van der Waals surface area contributed by atoms with Crippen molar-refractivity contribution >= 4 is 0 Å². The molecule has 3 saturated carbocycles. The first kappa shape index (κ1) is 16.8. The third kappa shape index (κ3) is 3.13. The van der Waals surface area contributed by atoms with Crippen LogP contribution in [0.2, 0.25) is 0 Å². The first-order valence-corrected chi connectivity index (χ1v) is 9.33. The number of aliphatic hydroxyl groups excluding tert-OH is 1. The molecule has 3 aliphatic rings. The van der Waals surface area contributed by atoms with Crippen LogP contribution in [-0.2, 0) is 0 Å². The van der Waals surface area contributed by atoms with E-state index in [1.54, 1.807) is 16.7 Å². The molecule has 0 heterocycles. The highest BCUT2D eigenvalue weighted by atomic mass is 16.3. The maximum atomic E-state index is 10.0. The summed E-state index contributed by atoms with van der Waals surface area (Å²) in [4.78, 5) is 0. The van der Waals surface area contributed by atoms with Gasteiger partial charge in [0.15, 0.2) is 0 Å². The van der Waals surface area contributed by atoms with Crippen LogP contribution in [0.1, 0.15) is 72.1 Å². The second-order valence-corrected chi connectivity index (χ2v) is 8.29. The maximum absolute atomic E-state index is 10.0. The second-order valence-electron chi connectivity index (χ2n) is 8.29. The zero-order valence-electron chi connectivity index (χ0n) is 15.1. The van der Waals surface area contributed by atoms with Crippen LogP contribution in [0.25, 0.3) is 0 Å². The van der Waals surface area contributed by atoms with E-state index in [-0.39, 0.29) is 6.10 Å². The molecule has 0 aliphatic heterocycles. The number of rotatable bonds is 1. The summed E-state index contributed by atoms with van der Waals surface area (Å²) in [6.07, 6.45) is 13.7. The number of fused-ring (bicyclic) bond motifs is 1. The average molecular weight is 312 g/mol. The molecule has 0 radical (unpaired) electrons. The van der Waals surface area contributed by atoms with Crippen LogP contribution in [0.5, 0.6) is 0 Å². The third-order valence-electron chi connectivity index (χ3n) is 6.58. The van der Waals surface area contributed by atoms with Gasteiger partial charge in [-0.05, 0) is 82.1 Å². The summed E-state index contributed by atoms with van der Waals surface area (Å²) in [6.45, 7) is 11.0. The highest BCUT2D eigenvalue weighted by molar-refractivity contribution is 5.34. The molecule has 0 bridgehead atoms. The van der Waals surface area contributed by atoms with Crippen molar-refractivity contribution in [1.82, 2.24) is 0 Å². The molecule has 1 N–H and O–H groups in total. The molecule has 23 heavy (non-hydrogen) atoms. The van der Waals surface area contributed by atoms with E-state index in [2.05, 4.69) is 39.5 Å². The molecule has 0 aromatic heterocycles. The molecule has 1 heteroatoms. The van der Waals surface area contributed by atoms with Gasteiger partial charge in [0.2, 0.25) is 0 Å². The molecule has 3 rings (SSSR count). The number of allylic oxidation sites excluding steroid dienone is 5. The molecule has 0 saturated heterocycles. The van der Waals surface area contributed by atoms with Crippen molar-refractivity contribution < 1.29 is 5.11 Å². The molecule has 0 aromatic carbocycles. The molecule has 0 spiro atoms. The Morgan fingerprint density at radius 3 is 2.65 bits per heavy atom. The Balaban J connectivity index is 1.81. The van der Waals surface area contributed by atoms with Gasteiger partial charge < -0.3 is 5.11 Å². The summed E-state index contributed by atoms with van der Waals surface area (Å²) in [6, 6.07) is 0. The Morgan fingerprint density at radius 1 is 1.17 bits per heavy atom. The van der Waals surface area contributed by atoms with Crippen molar-refractivity contribution in [3.63, 3.8) is 0 Å². The lowest BCUT2D eigenvalue weighted by molar-refractivity contribution is 0.197. The van der Waals surface area contributed by atoms with E-state index in [1.165, 1.54) is 37.7 Å². The van der Waals surface area contributed by atoms with E-state index in [0.29, 0.717) is 5.41 Å². The number of hydrogen-bond acceptors (Lipinski definition) is 1. The quantitative estimate of drug-likeness (QED) is 0.600. The Morgan fingerprint density at radius 2 is 1.96 bits per heavy atom. The zero-order chi connectivity index (χ0) is 16.6. The van der Waals surface area contributed by atoms with Crippen LogP contribution >= 0.6 is 0 Å². The van der Waals surface area contributed by atoms with Crippen LogP contribution in [0.3, 0.4) is 0 Å². The number of aliphatic hydroxyl groups is 1. The van der Waals surface area contributed by atoms with Crippen molar-refractivity contribution in [2.45, 2.75) is 78.2 Å². The van der Waals surface area contributed by atoms with Gasteiger partial charge in [-0.2, -0.15) is 0 Å². The van der Waals surface area contributed by atoms with Crippen LogP contribution < -0.4 is 0 Å². The monoisotopic (exact) mass is 312 g/mol. The van der Waals surface area contributed by atoms with Gasteiger partial charge in [-0.3, -0.25) is 0 Å². The molecule has 3 fully saturated rings. The maximum Gasteiger partial charge on any atom is 0.0784 e. The van der Waals surface area contributed by atoms with E-state index in [4.69, 9.17) is 0 Å². The highest BCUT2D eigenvalue weighted by Crippen LogP contribution is 2.57. The van der Waals surface area contributed by atoms with Gasteiger partial charge in [0.1, 0.15) is 0 Å². The minimum absolute atomic E-state index is 0.325. The Kier molecular flexibility index (Phi) is 4.69. The van der Waals surface area contributed by atoms with E-state index >= 15 is 0 Å². The van der Waals surface area contributed by atoms with E-state index in [0.717, 1.165) is 30.8 Å². The highest BCUT2D eigenvalue weighted by Gasteiger charge is 2.46. The fourth-order valence-corrected chi connectivity index (χ4v) is 5.24. The largest absolute Gasteiger partial charge is 0.388 e. The van der Waals surface area contributed by atoms with E-state index in [9.17, 15) is 5.11 Å². The van der Waals surface area contributed by atoms with Gasteiger partial charge in [-0.25, -0.2) is 0 Å². The summed E-state index contributed by atoms with van der Waals surface area (Å²) in [5.74, 6) is 0.737. The summed E-state index contributed by atoms with van der Waals surface area (Å²) >= 11 is 0. The third-order valence-corrected chi connectivity index (χ3v) is 6.58. The first-order chi connectivity index (χ1) is 10.9. The second kappa shape index (κ2) is 6.43. The standard InChI is InChI=1S/C22H32O/c1-15(2)19-11-12-20-18(6-5-13-22(19,20)4)10-9-17-8-7-16(3)21(23)14-17/h9-10,20-21,23H,3,5-8,11-14H2,1-2,4H3/b17-9-,18-10+/t20?,21-,22-/m1/s1. The van der Waals surface area contributed by atoms with E-state index < -0.39 is 0 Å². The SMILES string of the molecule is C=C1CC/C(=C/C=C2\CCC[C@]3(C)C(=C(C)C)CCC23)C[C@H]1O. The predicted molar refractivity (Wildman–Crippen MR) is 98.2 cm³/mol. The van der Waals surface area contributed by atoms with Crippen LogP contribution in [0.4, 0.5) is 0 Å². The van der Waals surface area contributed by atoms with Gasteiger partial charge in [-0.15, -0.1) is 0 Å². The lowest BCUT2D eigenvalue weighted by atomic mass is 9.65. The van der Waals surface area contributed by atoms with Crippen molar-refractivity contribution in [3.05, 3.63) is 46.6 Å². The molecule has 3 atom stereocenters. The Hall–Kier alpha value is -1.08. The fourth-order valence-electron chi connectivity index (χ4n) is 5.24. The van der Waals surface area contributed by atoms with Gasteiger partial charge >= 0.3 is 0 Å². The topological polar surface area (TPSA) is 20.2 Å². The zero-order valence-corrected chi connectivity index (χ0v) is 15.1. The van der Waals surface area contributed by atoms with Gasteiger partial charge in [-0.1, -0.05) is 47.9 Å². The van der Waals surface area contributed by atoms with Crippen molar-refractivity contribution in [3.8, 4) is 0 Å². The summed E-state index contributed by atoms with van der Waals surface area (Å²) in [5.41, 5.74) is 7.73. The minimum atomic E-state index is -0.325. The first-order valence-electron chi connectivity index (χ1n) is 9.33. The van der Waals surface area contributed by atoms with Crippen molar-refractivity contribution in [2.24, 2.45) is 11.3 Å². The van der Waals surface area contributed by atoms with Gasteiger partial charge in [0, 0.05) is 0 Å². The summed E-state index contributed by atoms with van der Waals surface area (Å²) < 4.78 is 0. The van der Waals surface area contributed by atoms with Crippen molar-refractivity contribution in [1.29, 1.82) is 0 Å². The molecule has 126 valence electrons. The van der Waals surface area contributed by atoms with Crippen molar-refractivity contribution in [2.75, 3.05) is 0 Å². The molecule has 1 nitrogen and oxygen atoms in total. The molecular formula is C22H32O. The van der Waals surface area contributed by atoms with Crippen LogP contribution in [0, 0.1) is 11.3 Å². The smallest absolute Gasteiger partial charge is 0.0784 e. The van der Waals surface area contributed by atoms with Crippen LogP contribution in [0.15, 0.2) is 46.6 Å². The predicted octanol–water partition coefficient (Wildman–Crippen LogP) is 5.88. The van der Waals surface area contributed by atoms with Crippen LogP contribution in [-0.4, -0.2) is 11.2 Å². The van der Waals surface area contributed by atoms with Gasteiger partial charge in [0.25, 0.3) is 0 Å². The lowest BCUT2D eigenvalue weighted by Crippen LogP contribution is -2.29. The van der Waals surface area contributed by atoms with E-state index in [1.807, 2.05) is 0 Å². The normalized spacial score (nSPS) is 38.3. The fraction of sp³-hybridized carbons (Fsp3) is 0.636. The molecule has 0 aromatic rings. The summed E-state index contributed by atoms with van der Waals surface area (Å²) in [5, 5.41) is 10.0. The minimum Gasteiger partial charge on any atom is -0.388 e. The molecule has 1 unspecified atom stereocenters. The van der Waals surface area contributed by atoms with Gasteiger partial charge in [0.05, 0.1) is 6.10 Å². The lowest BCUT2D eigenvalue weighted by Gasteiger charge is -2.40. The Bertz CT molecular complexity index is 585. The Labute approximate surface area is 141 Å². The number of hydrogen-bond donors (Lipinski definition) is 1. The molecular weight excluding hydrogens is 280 g/mol.